The third-order valence-electron chi connectivity index (χ3n) is 4.19. The Labute approximate surface area is 146 Å². The molecule has 0 radical (unpaired) electrons. The summed E-state index contributed by atoms with van der Waals surface area (Å²) < 4.78 is 12.9. The monoisotopic (exact) mass is 352 g/mol. The van der Waals surface area contributed by atoms with Gasteiger partial charge >= 0.3 is 0 Å². The molecule has 3 rings (SSSR count). The molecule has 0 amide bonds. The average Bonchev–Trinajstić information content (AvgIpc) is 2.54. The van der Waals surface area contributed by atoms with Crippen LogP contribution in [0.4, 0.5) is 4.39 Å². The van der Waals surface area contributed by atoms with Crippen molar-refractivity contribution in [2.75, 3.05) is 26.2 Å². The normalized spacial score (nSPS) is 16.7. The third-order valence-corrected chi connectivity index (χ3v) is 4.78. The topological polar surface area (TPSA) is 6.48 Å². The number of nitrogens with zero attached hydrogens (tertiary/aromatic N) is 2. The van der Waals surface area contributed by atoms with Gasteiger partial charge in [0, 0.05) is 49.3 Å². The highest BCUT2D eigenvalue weighted by Crippen LogP contribution is 2.23. The van der Waals surface area contributed by atoms with Crippen molar-refractivity contribution < 1.29 is 4.39 Å². The molecule has 5 heteroatoms. The van der Waals surface area contributed by atoms with E-state index >= 15 is 0 Å². The Morgan fingerprint density at radius 1 is 0.826 bits per heavy atom. The third kappa shape index (κ3) is 4.67. The fraction of sp³-hybridized carbons (Fsp3) is 0.333. The molecular weight excluding hydrogens is 334 g/mol. The molecule has 1 heterocycles. The van der Waals surface area contributed by atoms with Crippen molar-refractivity contribution in [1.29, 1.82) is 0 Å². The summed E-state index contributed by atoms with van der Waals surface area (Å²) in [5, 5.41) is 1.40. The van der Waals surface area contributed by atoms with Gasteiger partial charge in [0.15, 0.2) is 0 Å². The summed E-state index contributed by atoms with van der Waals surface area (Å²) >= 11 is 12.2. The van der Waals surface area contributed by atoms with Crippen molar-refractivity contribution in [3.63, 3.8) is 0 Å². The Hall–Kier alpha value is -1.13. The number of rotatable bonds is 4. The predicted octanol–water partition coefficient (Wildman–Crippen LogP) is 4.45. The lowest BCUT2D eigenvalue weighted by atomic mass is 10.1. The van der Waals surface area contributed by atoms with E-state index in [4.69, 9.17) is 23.2 Å². The molecule has 1 fully saturated rings. The van der Waals surface area contributed by atoms with Crippen LogP contribution in [-0.2, 0) is 13.1 Å². The van der Waals surface area contributed by atoms with Gasteiger partial charge in [-0.25, -0.2) is 4.39 Å². The average molecular weight is 353 g/mol. The number of hydrogen-bond acceptors (Lipinski definition) is 2. The van der Waals surface area contributed by atoms with Crippen LogP contribution in [0.15, 0.2) is 42.5 Å². The zero-order chi connectivity index (χ0) is 16.2. The molecule has 2 nitrogen and oxygen atoms in total. The van der Waals surface area contributed by atoms with Crippen LogP contribution in [0.2, 0.25) is 10.0 Å². The van der Waals surface area contributed by atoms with Crippen molar-refractivity contribution in [2.45, 2.75) is 13.1 Å². The van der Waals surface area contributed by atoms with Gasteiger partial charge in [-0.1, -0.05) is 41.4 Å². The molecule has 1 aliphatic rings. The van der Waals surface area contributed by atoms with Gasteiger partial charge in [0.25, 0.3) is 0 Å². The lowest BCUT2D eigenvalue weighted by Crippen LogP contribution is -2.45. The Morgan fingerprint density at radius 3 is 2.04 bits per heavy atom. The maximum Gasteiger partial charge on any atom is 0.123 e. The maximum atomic E-state index is 12.9. The summed E-state index contributed by atoms with van der Waals surface area (Å²) in [4.78, 5) is 4.80. The van der Waals surface area contributed by atoms with E-state index in [1.807, 2.05) is 24.3 Å². The SMILES string of the molecule is Fc1ccc(CN2CCN(Cc3ccc(Cl)cc3Cl)CC2)cc1. The first-order chi connectivity index (χ1) is 11.1. The van der Waals surface area contributed by atoms with E-state index in [2.05, 4.69) is 9.80 Å². The van der Waals surface area contributed by atoms with E-state index < -0.39 is 0 Å². The van der Waals surface area contributed by atoms with Crippen LogP contribution in [0.5, 0.6) is 0 Å². The lowest BCUT2D eigenvalue weighted by Gasteiger charge is -2.34. The molecule has 2 aromatic rings. The van der Waals surface area contributed by atoms with Crippen molar-refractivity contribution in [3.8, 4) is 0 Å². The van der Waals surface area contributed by atoms with Crippen molar-refractivity contribution >= 4 is 23.2 Å². The summed E-state index contributed by atoms with van der Waals surface area (Å²) in [6.45, 7) is 5.72. The molecule has 122 valence electrons. The summed E-state index contributed by atoms with van der Waals surface area (Å²) in [6.07, 6.45) is 0. The molecule has 1 saturated heterocycles. The van der Waals surface area contributed by atoms with E-state index in [1.165, 1.54) is 12.1 Å². The molecule has 0 aromatic heterocycles. The van der Waals surface area contributed by atoms with Crippen LogP contribution >= 0.6 is 23.2 Å². The van der Waals surface area contributed by atoms with Gasteiger partial charge in [-0.2, -0.15) is 0 Å². The van der Waals surface area contributed by atoms with E-state index in [9.17, 15) is 4.39 Å². The summed E-state index contributed by atoms with van der Waals surface area (Å²) in [5.74, 6) is -0.182. The molecule has 0 N–H and O–H groups in total. The first kappa shape index (κ1) is 16.7. The van der Waals surface area contributed by atoms with Gasteiger partial charge in [0.05, 0.1) is 0 Å². The molecule has 2 aromatic carbocycles. The fourth-order valence-corrected chi connectivity index (χ4v) is 3.31. The molecule has 0 bridgehead atoms. The highest BCUT2D eigenvalue weighted by molar-refractivity contribution is 6.35. The Balaban J connectivity index is 1.51. The molecule has 1 aliphatic heterocycles. The standard InChI is InChI=1S/C18H19Cl2FN2/c19-16-4-3-15(18(20)11-16)13-23-9-7-22(8-10-23)12-14-1-5-17(21)6-2-14/h1-6,11H,7-10,12-13H2. The minimum atomic E-state index is -0.182. The van der Waals surface area contributed by atoms with Gasteiger partial charge in [-0.15, -0.1) is 0 Å². The second-order valence-corrected chi connectivity index (χ2v) is 6.76. The summed E-state index contributed by atoms with van der Waals surface area (Å²) in [7, 11) is 0. The first-order valence-corrected chi connectivity index (χ1v) is 8.49. The van der Waals surface area contributed by atoms with Crippen LogP contribution < -0.4 is 0 Å². The molecule has 0 aliphatic carbocycles. The van der Waals surface area contributed by atoms with Gasteiger partial charge in [-0.3, -0.25) is 9.80 Å². The smallest absolute Gasteiger partial charge is 0.123 e. The van der Waals surface area contributed by atoms with E-state index in [0.717, 1.165) is 55.4 Å². The van der Waals surface area contributed by atoms with E-state index in [0.29, 0.717) is 5.02 Å². The second-order valence-electron chi connectivity index (χ2n) is 5.91. The Kier molecular flexibility index (Phi) is 5.54. The fourth-order valence-electron chi connectivity index (χ4n) is 2.84. The van der Waals surface area contributed by atoms with Crippen molar-refractivity contribution in [3.05, 3.63) is 69.5 Å². The predicted molar refractivity (Wildman–Crippen MR) is 93.4 cm³/mol. The van der Waals surface area contributed by atoms with Crippen LogP contribution in [0.25, 0.3) is 0 Å². The summed E-state index contributed by atoms with van der Waals surface area (Å²) in [6, 6.07) is 12.4. The molecular formula is C18H19Cl2FN2. The first-order valence-electron chi connectivity index (χ1n) is 7.73. The van der Waals surface area contributed by atoms with E-state index in [-0.39, 0.29) is 5.82 Å². The molecule has 23 heavy (non-hydrogen) atoms. The van der Waals surface area contributed by atoms with Crippen molar-refractivity contribution in [1.82, 2.24) is 9.80 Å². The Morgan fingerprint density at radius 2 is 1.43 bits per heavy atom. The van der Waals surface area contributed by atoms with Gasteiger partial charge in [-0.05, 0) is 35.4 Å². The zero-order valence-electron chi connectivity index (χ0n) is 12.8. The van der Waals surface area contributed by atoms with Crippen LogP contribution in [0.3, 0.4) is 0 Å². The zero-order valence-corrected chi connectivity index (χ0v) is 14.3. The van der Waals surface area contributed by atoms with Crippen LogP contribution in [0, 0.1) is 5.82 Å². The van der Waals surface area contributed by atoms with Crippen LogP contribution in [-0.4, -0.2) is 36.0 Å². The quantitative estimate of drug-likeness (QED) is 0.801. The number of halogens is 3. The minimum absolute atomic E-state index is 0.182. The van der Waals surface area contributed by atoms with Crippen LogP contribution in [0.1, 0.15) is 11.1 Å². The highest BCUT2D eigenvalue weighted by atomic mass is 35.5. The maximum absolute atomic E-state index is 12.9. The van der Waals surface area contributed by atoms with Crippen molar-refractivity contribution in [2.24, 2.45) is 0 Å². The molecule has 0 unspecified atom stereocenters. The molecule has 0 spiro atoms. The van der Waals surface area contributed by atoms with Gasteiger partial charge in [0.2, 0.25) is 0 Å². The molecule has 0 atom stereocenters. The van der Waals surface area contributed by atoms with Gasteiger partial charge in [0.1, 0.15) is 5.82 Å². The van der Waals surface area contributed by atoms with Gasteiger partial charge < -0.3 is 0 Å². The molecule has 0 saturated carbocycles. The minimum Gasteiger partial charge on any atom is -0.297 e. The largest absolute Gasteiger partial charge is 0.297 e. The number of hydrogen-bond donors (Lipinski definition) is 0. The number of piperazine rings is 1. The Bertz CT molecular complexity index is 653. The lowest BCUT2D eigenvalue weighted by molar-refractivity contribution is 0.122. The number of benzene rings is 2. The summed E-state index contributed by atoms with van der Waals surface area (Å²) in [5.41, 5.74) is 2.27. The van der Waals surface area contributed by atoms with E-state index in [1.54, 1.807) is 6.07 Å². The highest BCUT2D eigenvalue weighted by Gasteiger charge is 2.18. The second kappa shape index (κ2) is 7.63.